The molecule has 0 saturated carbocycles. The summed E-state index contributed by atoms with van der Waals surface area (Å²) in [5.74, 6) is 1.34. The Morgan fingerprint density at radius 2 is 2.17 bits per heavy atom. The highest BCUT2D eigenvalue weighted by Gasteiger charge is 2.28. The van der Waals surface area contributed by atoms with Gasteiger partial charge in [-0.1, -0.05) is 0 Å². The van der Waals surface area contributed by atoms with E-state index in [2.05, 4.69) is 0 Å². The predicted octanol–water partition coefficient (Wildman–Crippen LogP) is 0.789. The van der Waals surface area contributed by atoms with Gasteiger partial charge in [0.2, 0.25) is 0 Å². The van der Waals surface area contributed by atoms with Crippen LogP contribution in [0.5, 0.6) is 0 Å². The van der Waals surface area contributed by atoms with Crippen molar-refractivity contribution in [1.82, 2.24) is 0 Å². The van der Waals surface area contributed by atoms with Crippen LogP contribution >= 0.6 is 11.8 Å². The van der Waals surface area contributed by atoms with Crippen LogP contribution in [0.3, 0.4) is 0 Å². The van der Waals surface area contributed by atoms with Gasteiger partial charge in [0.15, 0.2) is 0 Å². The van der Waals surface area contributed by atoms with E-state index in [1.165, 1.54) is 0 Å². The smallest absolute Gasteiger partial charge is 0.306 e. The molecule has 1 aliphatic rings. The standard InChI is InChI=1S/C8H15NO2S/c9-5-6-1-3-12-4-2-7(6)8(10)11/h6-7H,1-5,9H2,(H,10,11)/t6-,7-/m1/s1. The molecule has 2 atom stereocenters. The second-order valence-corrected chi connectivity index (χ2v) is 4.35. The maximum absolute atomic E-state index is 10.8. The molecule has 1 saturated heterocycles. The van der Waals surface area contributed by atoms with Crippen LogP contribution in [0.1, 0.15) is 12.8 Å². The molecule has 4 heteroatoms. The van der Waals surface area contributed by atoms with Crippen molar-refractivity contribution in [3.05, 3.63) is 0 Å². The van der Waals surface area contributed by atoms with Crippen molar-refractivity contribution in [3.63, 3.8) is 0 Å². The number of thioether (sulfide) groups is 1. The van der Waals surface area contributed by atoms with E-state index in [1.54, 1.807) is 0 Å². The van der Waals surface area contributed by atoms with E-state index in [4.69, 9.17) is 10.8 Å². The molecule has 0 amide bonds. The fraction of sp³-hybridized carbons (Fsp3) is 0.875. The number of nitrogens with two attached hydrogens (primary N) is 1. The third-order valence-electron chi connectivity index (χ3n) is 2.40. The Labute approximate surface area is 76.7 Å². The van der Waals surface area contributed by atoms with Gasteiger partial charge < -0.3 is 10.8 Å². The number of carbonyl (C=O) groups is 1. The fourth-order valence-electron chi connectivity index (χ4n) is 1.59. The van der Waals surface area contributed by atoms with Gasteiger partial charge in [-0.05, 0) is 36.8 Å². The molecule has 0 unspecified atom stereocenters. The monoisotopic (exact) mass is 189 g/mol. The number of rotatable bonds is 2. The molecule has 70 valence electrons. The molecule has 0 radical (unpaired) electrons. The molecule has 1 aliphatic heterocycles. The number of aliphatic carboxylic acids is 1. The van der Waals surface area contributed by atoms with E-state index in [9.17, 15) is 4.79 Å². The first-order chi connectivity index (χ1) is 5.75. The van der Waals surface area contributed by atoms with Crippen molar-refractivity contribution in [3.8, 4) is 0 Å². The van der Waals surface area contributed by atoms with Crippen LogP contribution in [0.2, 0.25) is 0 Å². The van der Waals surface area contributed by atoms with Crippen molar-refractivity contribution in [2.75, 3.05) is 18.1 Å². The first kappa shape index (κ1) is 9.86. The molecular weight excluding hydrogens is 174 g/mol. The summed E-state index contributed by atoms with van der Waals surface area (Å²) in [5.41, 5.74) is 5.53. The highest BCUT2D eigenvalue weighted by atomic mass is 32.2. The van der Waals surface area contributed by atoms with E-state index in [0.717, 1.165) is 24.3 Å². The Morgan fingerprint density at radius 3 is 2.75 bits per heavy atom. The highest BCUT2D eigenvalue weighted by molar-refractivity contribution is 7.99. The number of carboxylic acid groups (broad SMARTS) is 1. The van der Waals surface area contributed by atoms with Gasteiger partial charge >= 0.3 is 5.97 Å². The largest absolute Gasteiger partial charge is 0.481 e. The molecular formula is C8H15NO2S. The van der Waals surface area contributed by atoms with Crippen LogP contribution in [-0.2, 0) is 4.79 Å². The fourth-order valence-corrected chi connectivity index (χ4v) is 2.69. The molecule has 0 bridgehead atoms. The Hall–Kier alpha value is -0.220. The zero-order chi connectivity index (χ0) is 8.97. The van der Waals surface area contributed by atoms with Crippen molar-refractivity contribution in [2.24, 2.45) is 17.6 Å². The predicted molar refractivity (Wildman–Crippen MR) is 50.2 cm³/mol. The third-order valence-corrected chi connectivity index (χ3v) is 3.44. The van der Waals surface area contributed by atoms with Crippen LogP contribution in [0.15, 0.2) is 0 Å². The van der Waals surface area contributed by atoms with Gasteiger partial charge in [0, 0.05) is 0 Å². The van der Waals surface area contributed by atoms with Crippen LogP contribution in [0, 0.1) is 11.8 Å². The summed E-state index contributed by atoms with van der Waals surface area (Å²) in [4.78, 5) is 10.8. The van der Waals surface area contributed by atoms with Crippen molar-refractivity contribution in [2.45, 2.75) is 12.8 Å². The van der Waals surface area contributed by atoms with E-state index in [1.807, 2.05) is 11.8 Å². The highest BCUT2D eigenvalue weighted by Crippen LogP contribution is 2.27. The third kappa shape index (κ3) is 2.38. The summed E-state index contributed by atoms with van der Waals surface area (Å²) >= 11 is 1.84. The van der Waals surface area contributed by atoms with Gasteiger partial charge in [0.05, 0.1) is 5.92 Å². The summed E-state index contributed by atoms with van der Waals surface area (Å²) < 4.78 is 0. The van der Waals surface area contributed by atoms with Crippen LogP contribution in [0.4, 0.5) is 0 Å². The number of hydrogen-bond donors (Lipinski definition) is 2. The normalized spacial score (nSPS) is 31.1. The maximum atomic E-state index is 10.8. The molecule has 0 aromatic carbocycles. The summed E-state index contributed by atoms with van der Waals surface area (Å²) in [5, 5.41) is 8.90. The quantitative estimate of drug-likeness (QED) is 0.674. The average Bonchev–Trinajstić information content (AvgIpc) is 2.27. The van der Waals surface area contributed by atoms with Gasteiger partial charge in [0.1, 0.15) is 0 Å². The Morgan fingerprint density at radius 1 is 1.50 bits per heavy atom. The molecule has 1 fully saturated rings. The molecule has 0 spiro atoms. The van der Waals surface area contributed by atoms with Crippen LogP contribution < -0.4 is 5.73 Å². The molecule has 12 heavy (non-hydrogen) atoms. The summed E-state index contributed by atoms with van der Waals surface area (Å²) in [6.45, 7) is 0.511. The van der Waals surface area contributed by atoms with Crippen LogP contribution in [-0.4, -0.2) is 29.1 Å². The lowest BCUT2D eigenvalue weighted by Gasteiger charge is -2.18. The lowest BCUT2D eigenvalue weighted by atomic mass is 9.88. The summed E-state index contributed by atoms with van der Waals surface area (Å²) in [7, 11) is 0. The SMILES string of the molecule is NC[C@H]1CCSCC[C@H]1C(=O)O. The molecule has 1 rings (SSSR count). The summed E-state index contributed by atoms with van der Waals surface area (Å²) in [6, 6.07) is 0. The average molecular weight is 189 g/mol. The zero-order valence-corrected chi connectivity index (χ0v) is 7.85. The number of hydrogen-bond acceptors (Lipinski definition) is 3. The lowest BCUT2D eigenvalue weighted by molar-refractivity contribution is -0.143. The molecule has 0 aromatic rings. The van der Waals surface area contributed by atoms with E-state index >= 15 is 0 Å². The first-order valence-electron chi connectivity index (χ1n) is 4.26. The second-order valence-electron chi connectivity index (χ2n) is 3.13. The van der Waals surface area contributed by atoms with Crippen molar-refractivity contribution < 1.29 is 9.90 Å². The second kappa shape index (κ2) is 4.72. The topological polar surface area (TPSA) is 63.3 Å². The van der Waals surface area contributed by atoms with Crippen LogP contribution in [0.25, 0.3) is 0 Å². The van der Waals surface area contributed by atoms with E-state index in [-0.39, 0.29) is 11.8 Å². The molecule has 0 aliphatic carbocycles. The van der Waals surface area contributed by atoms with Gasteiger partial charge in [0.25, 0.3) is 0 Å². The van der Waals surface area contributed by atoms with E-state index in [0.29, 0.717) is 6.54 Å². The minimum Gasteiger partial charge on any atom is -0.481 e. The number of carboxylic acids is 1. The molecule has 1 heterocycles. The van der Waals surface area contributed by atoms with Crippen molar-refractivity contribution >= 4 is 17.7 Å². The Balaban J connectivity index is 2.57. The minimum absolute atomic E-state index is 0.192. The van der Waals surface area contributed by atoms with Gasteiger partial charge in [-0.3, -0.25) is 4.79 Å². The first-order valence-corrected chi connectivity index (χ1v) is 5.41. The lowest BCUT2D eigenvalue weighted by Crippen LogP contribution is -2.29. The Bertz CT molecular complexity index is 163. The maximum Gasteiger partial charge on any atom is 0.306 e. The van der Waals surface area contributed by atoms with Gasteiger partial charge in [-0.15, -0.1) is 0 Å². The molecule has 3 nitrogen and oxygen atoms in total. The molecule has 0 aromatic heterocycles. The van der Waals surface area contributed by atoms with Crippen molar-refractivity contribution in [1.29, 1.82) is 0 Å². The molecule has 3 N–H and O–H groups in total. The van der Waals surface area contributed by atoms with E-state index < -0.39 is 5.97 Å². The minimum atomic E-state index is -0.673. The Kier molecular flexibility index (Phi) is 3.88. The van der Waals surface area contributed by atoms with Gasteiger partial charge in [-0.2, -0.15) is 11.8 Å². The zero-order valence-electron chi connectivity index (χ0n) is 7.03. The van der Waals surface area contributed by atoms with Gasteiger partial charge in [-0.25, -0.2) is 0 Å². The summed E-state index contributed by atoms with van der Waals surface area (Å²) in [6.07, 6.45) is 1.74.